The van der Waals surface area contributed by atoms with E-state index in [1.165, 1.54) is 11.0 Å². The molecule has 3 unspecified atom stereocenters. The Labute approximate surface area is 245 Å². The molecular formula is C31H23ClN8O2. The summed E-state index contributed by atoms with van der Waals surface area (Å²) in [6.07, 6.45) is 3.85. The molecule has 2 aromatic heterocycles. The van der Waals surface area contributed by atoms with Crippen molar-refractivity contribution in [3.63, 3.8) is 0 Å². The number of halogens is 1. The third-order valence-electron chi connectivity index (χ3n) is 7.61. The van der Waals surface area contributed by atoms with Gasteiger partial charge in [0.15, 0.2) is 0 Å². The maximum atomic E-state index is 13.8. The highest BCUT2D eigenvalue weighted by Crippen LogP contribution is 2.39. The average Bonchev–Trinajstić information content (AvgIpc) is 3.71. The lowest BCUT2D eigenvalue weighted by molar-refractivity contribution is 0.238. The second-order valence-corrected chi connectivity index (χ2v) is 10.6. The van der Waals surface area contributed by atoms with Gasteiger partial charge in [0, 0.05) is 34.8 Å². The summed E-state index contributed by atoms with van der Waals surface area (Å²) in [4.78, 5) is 18.9. The fourth-order valence-corrected chi connectivity index (χ4v) is 5.76. The van der Waals surface area contributed by atoms with Gasteiger partial charge in [-0.2, -0.15) is 9.94 Å². The normalized spacial score (nSPS) is 17.7. The fraction of sp³-hybridized carbons (Fsp3) is 0.161. The minimum atomic E-state index is -0.389. The van der Waals surface area contributed by atoms with E-state index < -0.39 is 0 Å². The summed E-state index contributed by atoms with van der Waals surface area (Å²) in [5.41, 5.74) is 4.46. The molecule has 0 amide bonds. The Morgan fingerprint density at radius 2 is 1.98 bits per heavy atom. The average molecular weight is 575 g/mol. The van der Waals surface area contributed by atoms with Gasteiger partial charge in [0.25, 0.3) is 5.56 Å². The van der Waals surface area contributed by atoms with Crippen LogP contribution in [0.25, 0.3) is 16.8 Å². The molecule has 4 heterocycles. The Bertz CT molecular complexity index is 1910. The number of tetrazole rings is 1. The first-order valence-electron chi connectivity index (χ1n) is 13.4. The molecule has 10 nitrogen and oxygen atoms in total. The highest BCUT2D eigenvalue weighted by Gasteiger charge is 2.38. The van der Waals surface area contributed by atoms with E-state index in [1.54, 1.807) is 41.1 Å². The standard InChI is InChI=1S/C31H23ClN8O2/c32-22-7-9-26(40-18-34-37-38-40)24(15-22)21-10-11-39(29(41)14-21)27(12-19-4-2-1-3-5-19)31-35-25-17-42-28-13-20(16-33)6-8-23(28)30(25)36-31/h1-11,13-15,18,25,27,30H,12,17H2,(H,35,36). The monoisotopic (exact) mass is 574 g/mol. The van der Waals surface area contributed by atoms with Gasteiger partial charge in [-0.3, -0.25) is 9.79 Å². The van der Waals surface area contributed by atoms with Crippen LogP contribution in [0.5, 0.6) is 5.75 Å². The van der Waals surface area contributed by atoms with E-state index in [0.717, 1.165) is 16.7 Å². The van der Waals surface area contributed by atoms with Crippen LogP contribution >= 0.6 is 11.6 Å². The number of benzene rings is 3. The summed E-state index contributed by atoms with van der Waals surface area (Å²) in [7, 11) is 0. The number of aromatic nitrogens is 5. The van der Waals surface area contributed by atoms with Gasteiger partial charge in [-0.05, 0) is 58.0 Å². The molecule has 2 aliphatic heterocycles. The van der Waals surface area contributed by atoms with Crippen LogP contribution in [0.3, 0.4) is 0 Å². The number of pyridine rings is 1. The van der Waals surface area contributed by atoms with Crippen LogP contribution in [0.4, 0.5) is 0 Å². The zero-order valence-electron chi connectivity index (χ0n) is 22.1. The van der Waals surface area contributed by atoms with Gasteiger partial charge in [-0.15, -0.1) is 5.10 Å². The van der Waals surface area contributed by atoms with Crippen LogP contribution in [0.1, 0.15) is 28.8 Å². The number of nitriles is 1. The lowest BCUT2D eigenvalue weighted by Gasteiger charge is -2.27. The van der Waals surface area contributed by atoms with Crippen molar-refractivity contribution in [1.82, 2.24) is 30.1 Å². The van der Waals surface area contributed by atoms with Crippen molar-refractivity contribution >= 4 is 17.4 Å². The van der Waals surface area contributed by atoms with Crippen molar-refractivity contribution in [3.8, 4) is 28.6 Å². The van der Waals surface area contributed by atoms with Crippen LogP contribution in [-0.2, 0) is 6.42 Å². The SMILES string of the molecule is N#Cc1ccc2c(c1)OCC1NC(C(Cc3ccccc3)n3ccc(-c4cc(Cl)ccc4-n4cnnn4)cc3=O)=NC21. The van der Waals surface area contributed by atoms with Crippen molar-refractivity contribution in [2.45, 2.75) is 24.5 Å². The molecule has 0 fully saturated rings. The van der Waals surface area contributed by atoms with E-state index in [2.05, 4.69) is 26.9 Å². The van der Waals surface area contributed by atoms with Crippen LogP contribution < -0.4 is 15.6 Å². The zero-order valence-corrected chi connectivity index (χ0v) is 22.9. The molecule has 5 aromatic rings. The number of nitrogens with one attached hydrogen (secondary N) is 1. The Morgan fingerprint density at radius 1 is 1.10 bits per heavy atom. The molecule has 206 valence electrons. The maximum absolute atomic E-state index is 13.8. The Balaban J connectivity index is 1.29. The summed E-state index contributed by atoms with van der Waals surface area (Å²) in [6.45, 7) is 0.403. The molecule has 0 saturated carbocycles. The van der Waals surface area contributed by atoms with E-state index in [4.69, 9.17) is 21.3 Å². The Hall–Kier alpha value is -5.27. The van der Waals surface area contributed by atoms with E-state index in [9.17, 15) is 10.1 Å². The number of nitrogens with zero attached hydrogens (tertiary/aromatic N) is 7. The zero-order chi connectivity index (χ0) is 28.6. The van der Waals surface area contributed by atoms with Crippen molar-refractivity contribution in [2.24, 2.45) is 4.99 Å². The number of aliphatic imine (C=N–C) groups is 1. The van der Waals surface area contributed by atoms with Crippen LogP contribution in [-0.4, -0.2) is 43.3 Å². The number of amidine groups is 1. The van der Waals surface area contributed by atoms with Crippen LogP contribution in [0.15, 0.2) is 101 Å². The predicted octanol–water partition coefficient (Wildman–Crippen LogP) is 4.30. The van der Waals surface area contributed by atoms with Gasteiger partial charge < -0.3 is 14.6 Å². The quantitative estimate of drug-likeness (QED) is 0.321. The molecule has 1 N–H and O–H groups in total. The first kappa shape index (κ1) is 25.7. The maximum Gasteiger partial charge on any atom is 0.251 e. The molecule has 11 heteroatoms. The summed E-state index contributed by atoms with van der Waals surface area (Å²) in [5, 5.41) is 24.9. The third kappa shape index (κ3) is 4.70. The fourth-order valence-electron chi connectivity index (χ4n) is 5.59. The van der Waals surface area contributed by atoms with Crippen molar-refractivity contribution < 1.29 is 4.74 Å². The van der Waals surface area contributed by atoms with E-state index >= 15 is 0 Å². The van der Waals surface area contributed by atoms with E-state index in [1.807, 2.05) is 48.5 Å². The first-order chi connectivity index (χ1) is 20.6. The van der Waals surface area contributed by atoms with Gasteiger partial charge in [-0.25, -0.2) is 0 Å². The molecule has 0 aliphatic carbocycles. The molecule has 3 aromatic carbocycles. The van der Waals surface area contributed by atoms with Crippen molar-refractivity contribution in [2.75, 3.05) is 6.61 Å². The molecular weight excluding hydrogens is 552 g/mol. The van der Waals surface area contributed by atoms with Gasteiger partial charge >= 0.3 is 0 Å². The highest BCUT2D eigenvalue weighted by atomic mass is 35.5. The predicted molar refractivity (Wildman–Crippen MR) is 157 cm³/mol. The summed E-state index contributed by atoms with van der Waals surface area (Å²) >= 11 is 6.34. The first-order valence-corrected chi connectivity index (χ1v) is 13.8. The smallest absolute Gasteiger partial charge is 0.251 e. The van der Waals surface area contributed by atoms with E-state index in [-0.39, 0.29) is 23.7 Å². The molecule has 3 atom stereocenters. The third-order valence-corrected chi connectivity index (χ3v) is 7.84. The molecule has 42 heavy (non-hydrogen) atoms. The second kappa shape index (κ2) is 10.6. The largest absolute Gasteiger partial charge is 0.491 e. The number of ether oxygens (including phenoxy) is 1. The van der Waals surface area contributed by atoms with Gasteiger partial charge in [-0.1, -0.05) is 48.0 Å². The Morgan fingerprint density at radius 3 is 2.76 bits per heavy atom. The summed E-state index contributed by atoms with van der Waals surface area (Å²) in [6, 6.07) is 25.8. The van der Waals surface area contributed by atoms with Crippen molar-refractivity contribution in [3.05, 3.63) is 123 Å². The minimum absolute atomic E-state index is 0.0843. The number of fused-ring (bicyclic) bond motifs is 3. The molecule has 0 spiro atoms. The molecule has 7 rings (SSSR count). The summed E-state index contributed by atoms with van der Waals surface area (Å²) < 4.78 is 9.23. The second-order valence-electron chi connectivity index (χ2n) is 10.2. The summed E-state index contributed by atoms with van der Waals surface area (Å²) in [5.74, 6) is 1.38. The van der Waals surface area contributed by atoms with Gasteiger partial charge in [0.1, 0.15) is 30.6 Å². The van der Waals surface area contributed by atoms with Gasteiger partial charge in [0.05, 0.1) is 29.4 Å². The van der Waals surface area contributed by atoms with Gasteiger partial charge in [0.2, 0.25) is 0 Å². The number of hydrogen-bond acceptors (Lipinski definition) is 8. The van der Waals surface area contributed by atoms with E-state index in [0.29, 0.717) is 46.4 Å². The van der Waals surface area contributed by atoms with Crippen LogP contribution in [0.2, 0.25) is 5.02 Å². The Kier molecular flexibility index (Phi) is 6.49. The lowest BCUT2D eigenvalue weighted by Crippen LogP contribution is -2.43. The van der Waals surface area contributed by atoms with Crippen molar-refractivity contribution in [1.29, 1.82) is 5.26 Å². The lowest BCUT2D eigenvalue weighted by atomic mass is 9.97. The topological polar surface area (TPSA) is 123 Å². The minimum Gasteiger partial charge on any atom is -0.491 e. The number of hydrogen-bond donors (Lipinski definition) is 1. The molecule has 0 bridgehead atoms. The molecule has 0 radical (unpaired) electrons. The number of rotatable bonds is 6. The highest BCUT2D eigenvalue weighted by molar-refractivity contribution is 6.31. The molecule has 2 aliphatic rings. The molecule has 0 saturated heterocycles. The van der Waals surface area contributed by atoms with Crippen LogP contribution in [0, 0.1) is 11.3 Å².